The minimum Gasteiger partial charge on any atom is -0.493 e. The van der Waals surface area contributed by atoms with E-state index in [4.69, 9.17) is 16.3 Å². The molecule has 0 unspecified atom stereocenters. The first-order valence-corrected chi connectivity index (χ1v) is 7.76. The van der Waals surface area contributed by atoms with Crippen LogP contribution in [0.4, 0.5) is 0 Å². The van der Waals surface area contributed by atoms with Crippen molar-refractivity contribution in [3.63, 3.8) is 0 Å². The summed E-state index contributed by atoms with van der Waals surface area (Å²) in [6.45, 7) is 3.98. The van der Waals surface area contributed by atoms with Crippen LogP contribution >= 0.6 is 27.5 Å². The molecule has 1 fully saturated rings. The summed E-state index contributed by atoms with van der Waals surface area (Å²) in [5.41, 5.74) is 2.65. The summed E-state index contributed by atoms with van der Waals surface area (Å²) in [5.74, 6) is 1.12. The quantitative estimate of drug-likeness (QED) is 0.768. The van der Waals surface area contributed by atoms with Crippen molar-refractivity contribution in [1.82, 2.24) is 4.90 Å². The van der Waals surface area contributed by atoms with Gasteiger partial charge in [-0.1, -0.05) is 15.9 Å². The van der Waals surface area contributed by atoms with Crippen LogP contribution in [0.1, 0.15) is 24.0 Å². The van der Waals surface area contributed by atoms with Gasteiger partial charge >= 0.3 is 0 Å². The Hall–Kier alpha value is -0.250. The molecule has 0 bridgehead atoms. The average molecular weight is 331 g/mol. The minimum atomic E-state index is 0.366. The number of fused-ring (bicyclic) bond motifs is 1. The van der Waals surface area contributed by atoms with Crippen LogP contribution in [-0.2, 0) is 13.0 Å². The van der Waals surface area contributed by atoms with Gasteiger partial charge in [0, 0.05) is 28.4 Å². The van der Waals surface area contributed by atoms with E-state index in [2.05, 4.69) is 33.0 Å². The Balaban J connectivity index is 1.76. The van der Waals surface area contributed by atoms with E-state index in [-0.39, 0.29) is 0 Å². The second-order valence-electron chi connectivity index (χ2n) is 5.10. The zero-order valence-corrected chi connectivity index (χ0v) is 12.6. The number of benzene rings is 1. The standard InChI is InChI=1S/C14H17BrClNO/c15-12-7-10-3-6-18-14(10)11(8-12)9-17-4-1-13(16)2-5-17/h7-8,13H,1-6,9H2. The van der Waals surface area contributed by atoms with E-state index in [0.29, 0.717) is 5.38 Å². The van der Waals surface area contributed by atoms with Crippen molar-refractivity contribution in [1.29, 1.82) is 0 Å². The molecule has 0 amide bonds. The molecular weight excluding hydrogens is 314 g/mol. The zero-order valence-electron chi connectivity index (χ0n) is 10.3. The lowest BCUT2D eigenvalue weighted by atomic mass is 10.1. The average Bonchev–Trinajstić information content (AvgIpc) is 2.80. The van der Waals surface area contributed by atoms with Gasteiger partial charge in [-0.3, -0.25) is 4.90 Å². The molecule has 0 aliphatic carbocycles. The highest BCUT2D eigenvalue weighted by Gasteiger charge is 2.22. The lowest BCUT2D eigenvalue weighted by Gasteiger charge is -2.29. The summed E-state index contributed by atoms with van der Waals surface area (Å²) < 4.78 is 6.93. The molecule has 98 valence electrons. The number of piperidine rings is 1. The van der Waals surface area contributed by atoms with Gasteiger partial charge in [-0.05, 0) is 43.6 Å². The largest absolute Gasteiger partial charge is 0.493 e. The smallest absolute Gasteiger partial charge is 0.127 e. The second kappa shape index (κ2) is 5.40. The number of likely N-dealkylation sites (tertiary alicyclic amines) is 1. The van der Waals surface area contributed by atoms with E-state index < -0.39 is 0 Å². The maximum Gasteiger partial charge on any atom is 0.127 e. The van der Waals surface area contributed by atoms with Gasteiger partial charge in [0.2, 0.25) is 0 Å². The third-order valence-electron chi connectivity index (χ3n) is 3.74. The molecule has 18 heavy (non-hydrogen) atoms. The third-order valence-corrected chi connectivity index (χ3v) is 4.63. The van der Waals surface area contributed by atoms with E-state index in [9.17, 15) is 0 Å². The summed E-state index contributed by atoms with van der Waals surface area (Å²) in [4.78, 5) is 2.47. The lowest BCUT2D eigenvalue weighted by Crippen LogP contribution is -2.33. The summed E-state index contributed by atoms with van der Waals surface area (Å²) in [6, 6.07) is 4.37. The van der Waals surface area contributed by atoms with Gasteiger partial charge < -0.3 is 4.74 Å². The van der Waals surface area contributed by atoms with Crippen molar-refractivity contribution < 1.29 is 4.74 Å². The SMILES string of the molecule is ClC1CCN(Cc2cc(Br)cc3c2OCC3)CC1. The normalized spacial score (nSPS) is 20.8. The van der Waals surface area contributed by atoms with Crippen molar-refractivity contribution in [3.8, 4) is 5.75 Å². The van der Waals surface area contributed by atoms with Crippen LogP contribution in [0.2, 0.25) is 0 Å². The Morgan fingerprint density at radius 3 is 2.89 bits per heavy atom. The van der Waals surface area contributed by atoms with E-state index in [0.717, 1.165) is 55.7 Å². The Labute approximate surface area is 121 Å². The lowest BCUT2D eigenvalue weighted by molar-refractivity contribution is 0.220. The molecular formula is C14H17BrClNO. The van der Waals surface area contributed by atoms with Crippen LogP contribution in [0.3, 0.4) is 0 Å². The van der Waals surface area contributed by atoms with Gasteiger partial charge in [-0.2, -0.15) is 0 Å². The fourth-order valence-corrected chi connectivity index (χ4v) is 3.51. The highest BCUT2D eigenvalue weighted by Crippen LogP contribution is 2.34. The molecule has 0 aromatic heterocycles. The number of hydrogen-bond acceptors (Lipinski definition) is 2. The highest BCUT2D eigenvalue weighted by molar-refractivity contribution is 9.10. The maximum atomic E-state index is 6.15. The Morgan fingerprint density at radius 1 is 1.33 bits per heavy atom. The number of halogens is 2. The van der Waals surface area contributed by atoms with Gasteiger partial charge in [0.15, 0.2) is 0 Å². The van der Waals surface area contributed by atoms with Crippen molar-refractivity contribution in [2.45, 2.75) is 31.2 Å². The molecule has 3 rings (SSSR count). The number of hydrogen-bond donors (Lipinski definition) is 0. The fourth-order valence-electron chi connectivity index (χ4n) is 2.76. The first kappa shape index (κ1) is 12.8. The molecule has 1 saturated heterocycles. The van der Waals surface area contributed by atoms with Gasteiger partial charge in [-0.25, -0.2) is 0 Å². The van der Waals surface area contributed by atoms with E-state index in [1.165, 1.54) is 11.1 Å². The van der Waals surface area contributed by atoms with Crippen LogP contribution in [0.15, 0.2) is 16.6 Å². The van der Waals surface area contributed by atoms with Crippen LogP contribution in [0.5, 0.6) is 5.75 Å². The first-order valence-electron chi connectivity index (χ1n) is 6.53. The summed E-state index contributed by atoms with van der Waals surface area (Å²) in [6.07, 6.45) is 3.22. The van der Waals surface area contributed by atoms with Crippen molar-refractivity contribution in [2.75, 3.05) is 19.7 Å². The van der Waals surface area contributed by atoms with E-state index >= 15 is 0 Å². The summed E-state index contributed by atoms with van der Waals surface area (Å²) in [5, 5.41) is 0.366. The van der Waals surface area contributed by atoms with Crippen LogP contribution < -0.4 is 4.74 Å². The molecule has 0 N–H and O–H groups in total. The number of rotatable bonds is 2. The van der Waals surface area contributed by atoms with E-state index in [1.54, 1.807) is 0 Å². The number of ether oxygens (including phenoxy) is 1. The third kappa shape index (κ3) is 2.68. The monoisotopic (exact) mass is 329 g/mol. The van der Waals surface area contributed by atoms with Crippen LogP contribution in [0, 0.1) is 0 Å². The minimum absolute atomic E-state index is 0.366. The molecule has 0 spiro atoms. The number of nitrogens with zero attached hydrogens (tertiary/aromatic N) is 1. The summed E-state index contributed by atoms with van der Waals surface area (Å²) >= 11 is 9.74. The van der Waals surface area contributed by atoms with Crippen molar-refractivity contribution >= 4 is 27.5 Å². The molecule has 2 nitrogen and oxygen atoms in total. The van der Waals surface area contributed by atoms with Gasteiger partial charge in [0.25, 0.3) is 0 Å². The second-order valence-corrected chi connectivity index (χ2v) is 6.64. The number of alkyl halides is 1. The molecule has 4 heteroatoms. The predicted molar refractivity (Wildman–Crippen MR) is 77.5 cm³/mol. The van der Waals surface area contributed by atoms with Crippen molar-refractivity contribution in [2.24, 2.45) is 0 Å². The molecule has 0 saturated carbocycles. The van der Waals surface area contributed by atoms with Gasteiger partial charge in [0.05, 0.1) is 6.61 Å². The molecule has 1 aromatic carbocycles. The van der Waals surface area contributed by atoms with Crippen molar-refractivity contribution in [3.05, 3.63) is 27.7 Å². The van der Waals surface area contributed by atoms with E-state index in [1.807, 2.05) is 0 Å². The Bertz CT molecular complexity index is 444. The Morgan fingerprint density at radius 2 is 2.11 bits per heavy atom. The van der Waals surface area contributed by atoms with Crippen LogP contribution in [-0.4, -0.2) is 30.0 Å². The molecule has 2 heterocycles. The molecule has 1 aromatic rings. The molecule has 0 radical (unpaired) electrons. The molecule has 2 aliphatic heterocycles. The van der Waals surface area contributed by atoms with Crippen LogP contribution in [0.25, 0.3) is 0 Å². The van der Waals surface area contributed by atoms with Gasteiger partial charge in [-0.15, -0.1) is 11.6 Å². The highest BCUT2D eigenvalue weighted by atomic mass is 79.9. The zero-order chi connectivity index (χ0) is 12.5. The predicted octanol–water partition coefficient (Wildman–Crippen LogP) is 3.59. The Kier molecular flexibility index (Phi) is 3.83. The fraction of sp³-hybridized carbons (Fsp3) is 0.571. The topological polar surface area (TPSA) is 12.5 Å². The maximum absolute atomic E-state index is 6.15. The molecule has 0 atom stereocenters. The van der Waals surface area contributed by atoms with Gasteiger partial charge in [0.1, 0.15) is 5.75 Å². The summed E-state index contributed by atoms with van der Waals surface area (Å²) in [7, 11) is 0. The molecule has 2 aliphatic rings. The first-order chi connectivity index (χ1) is 8.72.